The number of ether oxygens (including phenoxy) is 1. The van der Waals surface area contributed by atoms with Crippen molar-refractivity contribution in [1.82, 2.24) is 15.0 Å². The molecule has 1 aromatic carbocycles. The van der Waals surface area contributed by atoms with Gasteiger partial charge in [0.15, 0.2) is 0 Å². The molecule has 0 saturated heterocycles. The molecule has 2 aromatic rings. The van der Waals surface area contributed by atoms with Crippen molar-refractivity contribution >= 4 is 0 Å². The molecule has 18 heavy (non-hydrogen) atoms. The van der Waals surface area contributed by atoms with Crippen LogP contribution in [-0.4, -0.2) is 32.8 Å². The number of aromatic nitrogens is 3. The Kier molecular flexibility index (Phi) is 4.07. The van der Waals surface area contributed by atoms with Crippen molar-refractivity contribution in [2.45, 2.75) is 26.1 Å². The lowest BCUT2D eigenvalue weighted by molar-refractivity contribution is 0.00314. The van der Waals surface area contributed by atoms with Gasteiger partial charge >= 0.3 is 0 Å². The lowest BCUT2D eigenvalue weighted by Crippen LogP contribution is -2.12. The molecular formula is C13H17N3O2. The number of nitrogens with zero attached hydrogens (tertiary/aromatic N) is 3. The molecule has 1 atom stereocenters. The Bertz CT molecular complexity index is 482. The third-order valence-corrected chi connectivity index (χ3v) is 2.43. The highest BCUT2D eigenvalue weighted by Crippen LogP contribution is 2.12. The second-order valence-electron chi connectivity index (χ2n) is 4.29. The van der Waals surface area contributed by atoms with Crippen molar-refractivity contribution in [3.63, 3.8) is 0 Å². The highest BCUT2D eigenvalue weighted by atomic mass is 16.5. The van der Waals surface area contributed by atoms with Crippen molar-refractivity contribution in [2.75, 3.05) is 6.61 Å². The van der Waals surface area contributed by atoms with Crippen LogP contribution in [0.15, 0.2) is 36.5 Å². The van der Waals surface area contributed by atoms with E-state index < -0.39 is 6.10 Å². The zero-order chi connectivity index (χ0) is 13.0. The smallest absolute Gasteiger partial charge is 0.123 e. The predicted octanol–water partition coefficient (Wildman–Crippen LogP) is 1.73. The Hall–Kier alpha value is -1.72. The Morgan fingerprint density at radius 1 is 1.28 bits per heavy atom. The molecule has 0 fully saturated rings. The van der Waals surface area contributed by atoms with Crippen LogP contribution in [0, 0.1) is 0 Å². The summed E-state index contributed by atoms with van der Waals surface area (Å²) in [7, 11) is 0. The second kappa shape index (κ2) is 5.75. The number of hydrogen-bond donors (Lipinski definition) is 1. The largest absolute Gasteiger partial charge is 0.384 e. The summed E-state index contributed by atoms with van der Waals surface area (Å²) in [4.78, 5) is 1.49. The number of aliphatic hydroxyl groups is 1. The third kappa shape index (κ3) is 3.15. The highest BCUT2D eigenvalue weighted by Gasteiger charge is 2.13. The summed E-state index contributed by atoms with van der Waals surface area (Å²) in [6.07, 6.45) is 0.898. The zero-order valence-electron chi connectivity index (χ0n) is 10.5. The van der Waals surface area contributed by atoms with Crippen molar-refractivity contribution < 1.29 is 9.84 Å². The normalized spacial score (nSPS) is 12.9. The van der Waals surface area contributed by atoms with Gasteiger partial charge in [-0.3, -0.25) is 0 Å². The van der Waals surface area contributed by atoms with E-state index in [2.05, 4.69) is 10.2 Å². The first kappa shape index (κ1) is 12.7. The van der Waals surface area contributed by atoms with Crippen LogP contribution < -0.4 is 0 Å². The molecule has 96 valence electrons. The van der Waals surface area contributed by atoms with Crippen LogP contribution >= 0.6 is 0 Å². The molecule has 0 bridgehead atoms. The number of benzene rings is 1. The maximum atomic E-state index is 9.89. The van der Waals surface area contributed by atoms with Crippen molar-refractivity contribution in [1.29, 1.82) is 0 Å². The molecule has 0 radical (unpaired) electrons. The number of hydrogen-bond acceptors (Lipinski definition) is 4. The van der Waals surface area contributed by atoms with E-state index in [1.807, 2.05) is 44.2 Å². The van der Waals surface area contributed by atoms with E-state index in [0.717, 1.165) is 5.69 Å². The molecule has 0 aliphatic heterocycles. The fourth-order valence-corrected chi connectivity index (χ4v) is 1.48. The van der Waals surface area contributed by atoms with Gasteiger partial charge in [-0.15, -0.1) is 0 Å². The average Bonchev–Trinajstić information content (AvgIpc) is 2.86. The van der Waals surface area contributed by atoms with E-state index in [1.54, 1.807) is 6.20 Å². The lowest BCUT2D eigenvalue weighted by atomic mass is 10.3. The molecule has 1 N–H and O–H groups in total. The Balaban J connectivity index is 2.06. The summed E-state index contributed by atoms with van der Waals surface area (Å²) in [5.41, 5.74) is 1.38. The fourth-order valence-electron chi connectivity index (χ4n) is 1.48. The summed E-state index contributed by atoms with van der Waals surface area (Å²) < 4.78 is 5.35. The second-order valence-corrected chi connectivity index (χ2v) is 4.29. The van der Waals surface area contributed by atoms with E-state index in [-0.39, 0.29) is 12.7 Å². The van der Waals surface area contributed by atoms with Crippen molar-refractivity contribution in [3.8, 4) is 5.69 Å². The topological polar surface area (TPSA) is 60.2 Å². The van der Waals surface area contributed by atoms with Gasteiger partial charge in [0.05, 0.1) is 24.6 Å². The Morgan fingerprint density at radius 2 is 2.00 bits per heavy atom. The molecule has 1 heterocycles. The first-order valence-electron chi connectivity index (χ1n) is 5.94. The first-order valence-corrected chi connectivity index (χ1v) is 5.94. The summed E-state index contributed by atoms with van der Waals surface area (Å²) in [5.74, 6) is 0. The zero-order valence-corrected chi connectivity index (χ0v) is 10.5. The van der Waals surface area contributed by atoms with Crippen LogP contribution in [-0.2, 0) is 4.74 Å². The molecular weight excluding hydrogens is 230 g/mol. The molecule has 0 aliphatic rings. The van der Waals surface area contributed by atoms with E-state index >= 15 is 0 Å². The summed E-state index contributed by atoms with van der Waals surface area (Å²) >= 11 is 0. The molecule has 0 saturated carbocycles. The van der Waals surface area contributed by atoms with Crippen LogP contribution in [0.1, 0.15) is 25.6 Å². The van der Waals surface area contributed by atoms with E-state index in [1.165, 1.54) is 4.80 Å². The molecule has 0 aliphatic carbocycles. The summed E-state index contributed by atoms with van der Waals surface area (Å²) in [6, 6.07) is 9.56. The van der Waals surface area contributed by atoms with Gasteiger partial charge in [-0.2, -0.15) is 15.0 Å². The van der Waals surface area contributed by atoms with Gasteiger partial charge in [0.25, 0.3) is 0 Å². The number of rotatable bonds is 5. The summed E-state index contributed by atoms with van der Waals surface area (Å²) in [6.45, 7) is 4.08. The molecule has 2 rings (SSSR count). The van der Waals surface area contributed by atoms with Crippen molar-refractivity contribution in [2.24, 2.45) is 0 Å². The minimum absolute atomic E-state index is 0.0869. The first-order chi connectivity index (χ1) is 8.66. The summed E-state index contributed by atoms with van der Waals surface area (Å²) in [5, 5.41) is 18.2. The fraction of sp³-hybridized carbons (Fsp3) is 0.385. The maximum Gasteiger partial charge on any atom is 0.123 e. The van der Waals surface area contributed by atoms with Crippen LogP contribution in [0.2, 0.25) is 0 Å². The van der Waals surface area contributed by atoms with E-state index in [4.69, 9.17) is 4.74 Å². The number of para-hydroxylation sites is 1. The van der Waals surface area contributed by atoms with Crippen LogP contribution in [0.25, 0.3) is 5.69 Å². The SMILES string of the molecule is CC(C)OCC(O)c1cnn(-c2ccccc2)n1. The molecule has 5 nitrogen and oxygen atoms in total. The molecule has 1 unspecified atom stereocenters. The van der Waals surface area contributed by atoms with Crippen LogP contribution in [0.3, 0.4) is 0 Å². The van der Waals surface area contributed by atoms with Crippen LogP contribution in [0.5, 0.6) is 0 Å². The molecule has 1 aromatic heterocycles. The van der Waals surface area contributed by atoms with Crippen LogP contribution in [0.4, 0.5) is 0 Å². The van der Waals surface area contributed by atoms with Gasteiger partial charge in [0.1, 0.15) is 11.8 Å². The lowest BCUT2D eigenvalue weighted by Gasteiger charge is -2.10. The Labute approximate surface area is 106 Å². The number of aliphatic hydroxyl groups excluding tert-OH is 1. The monoisotopic (exact) mass is 247 g/mol. The van der Waals surface area contributed by atoms with Gasteiger partial charge in [-0.1, -0.05) is 18.2 Å². The minimum atomic E-state index is -0.745. The van der Waals surface area contributed by atoms with Gasteiger partial charge in [-0.05, 0) is 26.0 Å². The van der Waals surface area contributed by atoms with E-state index in [0.29, 0.717) is 5.69 Å². The van der Waals surface area contributed by atoms with Gasteiger partial charge in [0, 0.05) is 0 Å². The maximum absolute atomic E-state index is 9.89. The van der Waals surface area contributed by atoms with Gasteiger partial charge in [0.2, 0.25) is 0 Å². The third-order valence-electron chi connectivity index (χ3n) is 2.43. The van der Waals surface area contributed by atoms with E-state index in [9.17, 15) is 5.11 Å². The quantitative estimate of drug-likeness (QED) is 0.874. The predicted molar refractivity (Wildman–Crippen MR) is 67.4 cm³/mol. The standard InChI is InChI=1S/C13H17N3O2/c1-10(2)18-9-13(17)12-8-14-16(15-12)11-6-4-3-5-7-11/h3-8,10,13,17H,9H2,1-2H3. The molecule has 0 amide bonds. The minimum Gasteiger partial charge on any atom is -0.384 e. The van der Waals surface area contributed by atoms with Gasteiger partial charge in [-0.25, -0.2) is 0 Å². The van der Waals surface area contributed by atoms with Crippen molar-refractivity contribution in [3.05, 3.63) is 42.2 Å². The average molecular weight is 247 g/mol. The molecule has 5 heteroatoms. The van der Waals surface area contributed by atoms with Gasteiger partial charge < -0.3 is 9.84 Å². The molecule has 0 spiro atoms. The highest BCUT2D eigenvalue weighted by molar-refractivity contribution is 5.28. The Morgan fingerprint density at radius 3 is 2.67 bits per heavy atom.